The molecule has 0 saturated heterocycles. The van der Waals surface area contributed by atoms with Crippen LogP contribution in [0, 0.1) is 11.8 Å². The van der Waals surface area contributed by atoms with Crippen LogP contribution in [0.4, 0.5) is 0 Å². The molecule has 0 bridgehead atoms. The lowest BCUT2D eigenvalue weighted by Crippen LogP contribution is -2.70. The van der Waals surface area contributed by atoms with Gasteiger partial charge in [0.15, 0.2) is 11.4 Å². The SMILES string of the molecule is CN(C)[C@@H]1C(=O)C(C(N)=O)=C(O)[C@@]2(O)C(=O)C3=C(O)c4c(O)cccc4[C@H](O)[C@@H]3[C@H](O)[C@H]12. The number of rotatable bonds is 2. The minimum Gasteiger partial charge on any atom is -0.508 e. The van der Waals surface area contributed by atoms with Gasteiger partial charge in [-0.25, -0.2) is 0 Å². The van der Waals surface area contributed by atoms with E-state index in [2.05, 4.69) is 0 Å². The van der Waals surface area contributed by atoms with Gasteiger partial charge in [-0.05, 0) is 25.7 Å². The third-order valence-corrected chi connectivity index (χ3v) is 6.62. The number of carbonyl (C=O) groups excluding carboxylic acids is 3. The van der Waals surface area contributed by atoms with E-state index in [1.807, 2.05) is 0 Å². The Kier molecular flexibility index (Phi) is 4.72. The zero-order valence-electron chi connectivity index (χ0n) is 17.1. The summed E-state index contributed by atoms with van der Waals surface area (Å²) in [6.45, 7) is 0. The molecule has 6 atom stereocenters. The molecule has 0 unspecified atom stereocenters. The van der Waals surface area contributed by atoms with Gasteiger partial charge in [-0.1, -0.05) is 12.1 Å². The third kappa shape index (κ3) is 2.47. The second-order valence-electron chi connectivity index (χ2n) is 8.45. The number of hydrogen-bond acceptors (Lipinski definition) is 10. The van der Waals surface area contributed by atoms with Crippen LogP contribution in [0.2, 0.25) is 0 Å². The Morgan fingerprint density at radius 2 is 1.75 bits per heavy atom. The van der Waals surface area contributed by atoms with Gasteiger partial charge in [-0.15, -0.1) is 0 Å². The summed E-state index contributed by atoms with van der Waals surface area (Å²) in [5.41, 5.74) is 0.311. The van der Waals surface area contributed by atoms with Gasteiger partial charge in [-0.2, -0.15) is 0 Å². The molecule has 0 spiro atoms. The Labute approximate surface area is 181 Å². The monoisotopic (exact) mass is 446 g/mol. The van der Waals surface area contributed by atoms with Gasteiger partial charge >= 0.3 is 0 Å². The van der Waals surface area contributed by atoms with Crippen molar-refractivity contribution in [2.24, 2.45) is 17.6 Å². The Morgan fingerprint density at radius 3 is 2.31 bits per heavy atom. The summed E-state index contributed by atoms with van der Waals surface area (Å²) >= 11 is 0. The zero-order valence-corrected chi connectivity index (χ0v) is 17.1. The zero-order chi connectivity index (χ0) is 23.9. The van der Waals surface area contributed by atoms with Crippen molar-refractivity contribution in [1.82, 2.24) is 4.90 Å². The fourth-order valence-electron chi connectivity index (χ4n) is 5.24. The molecule has 0 aliphatic heterocycles. The molecule has 1 fully saturated rings. The van der Waals surface area contributed by atoms with Gasteiger partial charge in [0.25, 0.3) is 5.91 Å². The summed E-state index contributed by atoms with van der Waals surface area (Å²) < 4.78 is 0. The average Bonchev–Trinajstić information content (AvgIpc) is 2.70. The number of phenolic OH excluding ortho intramolecular Hbond substituents is 1. The molecular weight excluding hydrogens is 424 g/mol. The number of benzene rings is 1. The fourth-order valence-corrected chi connectivity index (χ4v) is 5.24. The summed E-state index contributed by atoms with van der Waals surface area (Å²) in [5, 5.41) is 65.3. The quantitative estimate of drug-likeness (QED) is 0.260. The number of amides is 1. The summed E-state index contributed by atoms with van der Waals surface area (Å²) in [4.78, 5) is 39.7. The number of hydrogen-bond donors (Lipinski definition) is 7. The van der Waals surface area contributed by atoms with Gasteiger partial charge < -0.3 is 36.4 Å². The minimum atomic E-state index is -3.01. The van der Waals surface area contributed by atoms with E-state index in [1.54, 1.807) is 0 Å². The number of nitrogens with two attached hydrogens (primary N) is 1. The molecule has 11 nitrogen and oxygen atoms in total. The number of fused-ring (bicyclic) bond motifs is 3. The molecule has 0 aromatic heterocycles. The molecule has 32 heavy (non-hydrogen) atoms. The summed E-state index contributed by atoms with van der Waals surface area (Å²) in [5.74, 6) is -9.56. The van der Waals surface area contributed by atoms with Crippen LogP contribution in [0.5, 0.6) is 5.75 Å². The molecular formula is C21H22N2O9. The van der Waals surface area contributed by atoms with Gasteiger partial charge in [0.05, 0.1) is 29.7 Å². The van der Waals surface area contributed by atoms with E-state index in [4.69, 9.17) is 5.73 Å². The first-order chi connectivity index (χ1) is 14.9. The third-order valence-electron chi connectivity index (χ3n) is 6.62. The first-order valence-electron chi connectivity index (χ1n) is 9.70. The van der Waals surface area contributed by atoms with Crippen molar-refractivity contribution < 1.29 is 45.0 Å². The number of nitrogens with zero attached hydrogens (tertiary/aromatic N) is 1. The second kappa shape index (κ2) is 6.87. The number of aliphatic hydroxyl groups is 5. The number of ketones is 2. The predicted octanol–water partition coefficient (Wildman–Crippen LogP) is -1.57. The van der Waals surface area contributed by atoms with Crippen LogP contribution in [0.25, 0.3) is 5.76 Å². The Bertz CT molecular complexity index is 1140. The largest absolute Gasteiger partial charge is 0.508 e. The highest BCUT2D eigenvalue weighted by Gasteiger charge is 2.68. The van der Waals surface area contributed by atoms with Gasteiger partial charge in [0, 0.05) is 11.5 Å². The van der Waals surface area contributed by atoms with E-state index in [-0.39, 0.29) is 11.1 Å². The second-order valence-corrected chi connectivity index (χ2v) is 8.45. The lowest BCUT2D eigenvalue weighted by molar-refractivity contribution is -0.174. The standard InChI is InChI=1S/C21H22N2O9/c1-23(2)13-12-16(27)9-10(15(26)8-6(14(9)25)4-3-5-7(8)24)18(29)21(12,32)19(30)11(17(13)28)20(22)31/h3-5,9,12-14,16,24-27,30,32H,1-2H3,(H2,22,31)/t9-,12+,13+,14+,16+,21+/m1/s1. The Balaban J connectivity index is 2.07. The number of phenols is 1. The number of aromatic hydroxyl groups is 1. The van der Waals surface area contributed by atoms with Crippen molar-refractivity contribution in [2.45, 2.75) is 23.9 Å². The van der Waals surface area contributed by atoms with E-state index < -0.39 is 81.6 Å². The van der Waals surface area contributed by atoms with Crippen LogP contribution in [0.15, 0.2) is 35.1 Å². The smallest absolute Gasteiger partial charge is 0.255 e. The van der Waals surface area contributed by atoms with Crippen LogP contribution in [-0.2, 0) is 14.4 Å². The summed E-state index contributed by atoms with van der Waals surface area (Å²) in [6, 6.07) is 2.50. The normalized spacial score (nSPS) is 34.4. The van der Waals surface area contributed by atoms with E-state index >= 15 is 0 Å². The Morgan fingerprint density at radius 1 is 1.12 bits per heavy atom. The van der Waals surface area contributed by atoms with Crippen molar-refractivity contribution in [1.29, 1.82) is 0 Å². The first-order valence-corrected chi connectivity index (χ1v) is 9.70. The predicted molar refractivity (Wildman–Crippen MR) is 107 cm³/mol. The molecule has 1 aromatic rings. The highest BCUT2D eigenvalue weighted by molar-refractivity contribution is 6.24. The highest BCUT2D eigenvalue weighted by atomic mass is 16.4. The van der Waals surface area contributed by atoms with Gasteiger partial charge in [0.2, 0.25) is 5.78 Å². The number of carbonyl (C=O) groups is 3. The van der Waals surface area contributed by atoms with Gasteiger partial charge in [0.1, 0.15) is 22.8 Å². The van der Waals surface area contributed by atoms with E-state index in [0.717, 1.165) is 0 Å². The average molecular weight is 446 g/mol. The van der Waals surface area contributed by atoms with Crippen molar-refractivity contribution in [3.63, 3.8) is 0 Å². The summed E-state index contributed by atoms with van der Waals surface area (Å²) in [6.07, 6.45) is -3.44. The molecule has 4 rings (SSSR count). The molecule has 0 heterocycles. The molecule has 3 aliphatic rings. The lowest BCUT2D eigenvalue weighted by Gasteiger charge is -2.53. The Hall–Kier alpha value is -3.25. The highest BCUT2D eigenvalue weighted by Crippen LogP contribution is 2.55. The number of aliphatic hydroxyl groups excluding tert-OH is 4. The molecule has 3 aliphatic carbocycles. The maximum atomic E-state index is 13.5. The van der Waals surface area contributed by atoms with Crippen LogP contribution < -0.4 is 5.73 Å². The first kappa shape index (κ1) is 22.0. The van der Waals surface area contributed by atoms with Crippen molar-refractivity contribution in [3.8, 4) is 5.75 Å². The lowest BCUT2D eigenvalue weighted by atomic mass is 9.55. The molecule has 8 N–H and O–H groups in total. The van der Waals surface area contributed by atoms with Crippen molar-refractivity contribution in [2.75, 3.05) is 14.1 Å². The molecule has 1 amide bonds. The van der Waals surface area contributed by atoms with Crippen molar-refractivity contribution >= 4 is 23.2 Å². The maximum absolute atomic E-state index is 13.5. The molecule has 11 heteroatoms. The molecule has 170 valence electrons. The minimum absolute atomic E-state index is 0.0228. The topological polar surface area (TPSA) is 202 Å². The van der Waals surface area contributed by atoms with E-state index in [9.17, 15) is 45.0 Å². The van der Waals surface area contributed by atoms with Gasteiger partial charge in [-0.3, -0.25) is 19.3 Å². The number of likely N-dealkylation sites (N-methyl/N-ethyl adjacent to an activating group) is 1. The van der Waals surface area contributed by atoms with Crippen LogP contribution >= 0.6 is 0 Å². The van der Waals surface area contributed by atoms with Crippen LogP contribution in [0.3, 0.4) is 0 Å². The summed E-state index contributed by atoms with van der Waals surface area (Å²) in [7, 11) is 2.79. The molecule has 1 saturated carbocycles. The maximum Gasteiger partial charge on any atom is 0.255 e. The van der Waals surface area contributed by atoms with Crippen LogP contribution in [0.1, 0.15) is 17.2 Å². The number of Topliss-reactive ketones (excluding diaryl/α,β-unsaturated/α-hetero) is 2. The van der Waals surface area contributed by atoms with Crippen molar-refractivity contribution in [3.05, 3.63) is 46.2 Å². The van der Waals surface area contributed by atoms with Crippen LogP contribution in [-0.4, -0.2) is 84.9 Å². The fraction of sp³-hybridized carbons (Fsp3) is 0.381. The van der Waals surface area contributed by atoms with E-state index in [0.29, 0.717) is 0 Å². The van der Waals surface area contributed by atoms with E-state index in [1.165, 1.54) is 37.2 Å². The molecule has 0 radical (unpaired) electrons. The number of primary amides is 1. The molecule has 1 aromatic carbocycles.